The minimum Gasteiger partial charge on any atom is -0.467 e. The Morgan fingerprint density at radius 3 is 2.68 bits per heavy atom. The lowest BCUT2D eigenvalue weighted by molar-refractivity contribution is -0.228. The molecular formula is C24H30N2O5. The van der Waals surface area contributed by atoms with E-state index >= 15 is 0 Å². The average Bonchev–Trinajstić information content (AvgIpc) is 3.28. The molecule has 1 unspecified atom stereocenters. The molecule has 1 aromatic carbocycles. The van der Waals surface area contributed by atoms with Gasteiger partial charge in [0.05, 0.1) is 13.2 Å². The lowest BCUT2D eigenvalue weighted by Gasteiger charge is -2.63. The fourth-order valence-corrected chi connectivity index (χ4v) is 7.53. The predicted octanol–water partition coefficient (Wildman–Crippen LogP) is 1.63. The number of fused-ring (bicyclic) bond motifs is 1. The molecule has 166 valence electrons. The maximum absolute atomic E-state index is 13.4. The molecule has 0 radical (unpaired) electrons. The quantitative estimate of drug-likeness (QED) is 0.581. The summed E-state index contributed by atoms with van der Waals surface area (Å²) in [5.41, 5.74) is -1.10. The molecule has 7 nitrogen and oxygen atoms in total. The SMILES string of the molecule is CC[C@]12C=CCN3CC[C@@]4(c5ccccc5N(C)C4[C@@](O)(C(=O)OC)[C@@H]1OC(C)=O)[C@@H]32. The second-order valence-corrected chi connectivity index (χ2v) is 9.39. The number of anilines is 1. The van der Waals surface area contributed by atoms with Crippen LogP contribution in [-0.2, 0) is 24.5 Å². The van der Waals surface area contributed by atoms with Gasteiger partial charge in [-0.05, 0) is 31.0 Å². The van der Waals surface area contributed by atoms with E-state index in [4.69, 9.17) is 9.47 Å². The highest BCUT2D eigenvalue weighted by atomic mass is 16.6. The van der Waals surface area contributed by atoms with Gasteiger partial charge >= 0.3 is 11.9 Å². The van der Waals surface area contributed by atoms with Crippen molar-refractivity contribution in [2.75, 3.05) is 32.1 Å². The molecule has 0 aromatic heterocycles. The van der Waals surface area contributed by atoms with Crippen molar-refractivity contribution in [1.82, 2.24) is 4.90 Å². The van der Waals surface area contributed by atoms with Crippen LogP contribution in [0, 0.1) is 5.41 Å². The van der Waals surface area contributed by atoms with Gasteiger partial charge in [-0.1, -0.05) is 37.3 Å². The first kappa shape index (κ1) is 20.5. The van der Waals surface area contributed by atoms with Gasteiger partial charge in [0.2, 0.25) is 5.60 Å². The lowest BCUT2D eigenvalue weighted by atomic mass is 9.47. The van der Waals surface area contributed by atoms with E-state index in [1.807, 2.05) is 37.1 Å². The first-order valence-electron chi connectivity index (χ1n) is 11.0. The Morgan fingerprint density at radius 1 is 1.26 bits per heavy atom. The largest absolute Gasteiger partial charge is 0.467 e. The molecule has 1 saturated heterocycles. The third kappa shape index (κ3) is 2.21. The van der Waals surface area contributed by atoms with E-state index in [-0.39, 0.29) is 6.04 Å². The van der Waals surface area contributed by atoms with Crippen molar-refractivity contribution in [3.8, 4) is 0 Å². The van der Waals surface area contributed by atoms with Crippen molar-refractivity contribution in [3.63, 3.8) is 0 Å². The second kappa shape index (κ2) is 6.56. The van der Waals surface area contributed by atoms with Crippen LogP contribution in [0.2, 0.25) is 0 Å². The lowest BCUT2D eigenvalue weighted by Crippen LogP contribution is -2.81. The smallest absolute Gasteiger partial charge is 0.344 e. The Labute approximate surface area is 182 Å². The number of carbonyl (C=O) groups excluding carboxylic acids is 2. The fraction of sp³-hybridized carbons (Fsp3) is 0.583. The van der Waals surface area contributed by atoms with Crippen molar-refractivity contribution in [1.29, 1.82) is 0 Å². The molecule has 1 aromatic rings. The van der Waals surface area contributed by atoms with Crippen LogP contribution in [0.4, 0.5) is 5.69 Å². The van der Waals surface area contributed by atoms with E-state index in [2.05, 4.69) is 23.1 Å². The van der Waals surface area contributed by atoms with Crippen LogP contribution >= 0.6 is 0 Å². The van der Waals surface area contributed by atoms with Gasteiger partial charge in [-0.15, -0.1) is 0 Å². The molecule has 1 N–H and O–H groups in total. The van der Waals surface area contributed by atoms with Crippen molar-refractivity contribution in [2.45, 2.75) is 55.9 Å². The van der Waals surface area contributed by atoms with Crippen molar-refractivity contribution < 1.29 is 24.2 Å². The zero-order valence-electron chi connectivity index (χ0n) is 18.5. The van der Waals surface area contributed by atoms with Crippen LogP contribution in [0.25, 0.3) is 0 Å². The van der Waals surface area contributed by atoms with Crippen molar-refractivity contribution in [3.05, 3.63) is 42.0 Å². The van der Waals surface area contributed by atoms with E-state index in [1.54, 1.807) is 0 Å². The minimum atomic E-state index is -2.03. The molecular weight excluding hydrogens is 396 g/mol. The van der Waals surface area contributed by atoms with Crippen LogP contribution in [-0.4, -0.2) is 73.0 Å². The van der Waals surface area contributed by atoms with Crippen LogP contribution in [0.5, 0.6) is 0 Å². The molecule has 6 atom stereocenters. The highest BCUT2D eigenvalue weighted by Gasteiger charge is 2.80. The van der Waals surface area contributed by atoms with Gasteiger partial charge in [-0.2, -0.15) is 0 Å². The van der Waals surface area contributed by atoms with E-state index in [1.165, 1.54) is 14.0 Å². The standard InChI is InChI=1S/C24H30N2O5/c1-5-22-11-8-13-26-14-12-23(18(22)26)16-9-6-7-10-17(16)25(3)19(23)24(29,21(28)30-4)20(22)31-15(2)27/h6-11,18-20,29H,5,12-14H2,1-4H3/t18-,19?,20+,22+,23+,24-/m0/s1. The molecule has 3 aliphatic heterocycles. The van der Waals surface area contributed by atoms with E-state index in [0.717, 1.165) is 30.8 Å². The number of esters is 2. The summed E-state index contributed by atoms with van der Waals surface area (Å²) in [5.74, 6) is -1.28. The summed E-state index contributed by atoms with van der Waals surface area (Å²) in [4.78, 5) is 30.1. The third-order valence-corrected chi connectivity index (χ3v) is 8.32. The Balaban J connectivity index is 1.87. The number of hydrogen-bond acceptors (Lipinski definition) is 7. The highest BCUT2D eigenvalue weighted by Crippen LogP contribution is 2.67. The molecule has 1 spiro atoms. The molecule has 1 saturated carbocycles. The van der Waals surface area contributed by atoms with Gasteiger partial charge < -0.3 is 19.5 Å². The van der Waals surface area contributed by atoms with Gasteiger partial charge in [0.1, 0.15) is 0 Å². The topological polar surface area (TPSA) is 79.3 Å². The summed E-state index contributed by atoms with van der Waals surface area (Å²) in [6.07, 6.45) is 4.52. The summed E-state index contributed by atoms with van der Waals surface area (Å²) in [6, 6.07) is 7.53. The summed E-state index contributed by atoms with van der Waals surface area (Å²) < 4.78 is 11.1. The van der Waals surface area contributed by atoms with E-state index < -0.39 is 40.5 Å². The summed E-state index contributed by atoms with van der Waals surface area (Å²) in [6.45, 7) is 5.02. The van der Waals surface area contributed by atoms with Crippen LogP contribution < -0.4 is 4.90 Å². The number of nitrogens with zero attached hydrogens (tertiary/aromatic N) is 2. The number of para-hydroxylation sites is 1. The van der Waals surface area contributed by atoms with Gasteiger partial charge in [0, 0.05) is 43.1 Å². The van der Waals surface area contributed by atoms with Crippen LogP contribution in [0.3, 0.4) is 0 Å². The predicted molar refractivity (Wildman–Crippen MR) is 115 cm³/mol. The van der Waals surface area contributed by atoms with E-state index in [0.29, 0.717) is 6.42 Å². The number of ether oxygens (including phenoxy) is 2. The molecule has 1 aliphatic carbocycles. The van der Waals surface area contributed by atoms with Gasteiger partial charge in [0.15, 0.2) is 6.10 Å². The third-order valence-electron chi connectivity index (χ3n) is 8.32. The number of benzene rings is 1. The summed E-state index contributed by atoms with van der Waals surface area (Å²) in [5, 5.41) is 12.4. The van der Waals surface area contributed by atoms with Crippen molar-refractivity contribution in [2.24, 2.45) is 5.41 Å². The monoisotopic (exact) mass is 426 g/mol. The number of likely N-dealkylation sites (N-methyl/N-ethyl adjacent to an activating group) is 1. The molecule has 0 bridgehead atoms. The molecule has 4 aliphatic rings. The number of rotatable bonds is 3. The Hall–Kier alpha value is -2.38. The second-order valence-electron chi connectivity index (χ2n) is 9.39. The Morgan fingerprint density at radius 2 is 2.00 bits per heavy atom. The number of carbonyl (C=O) groups is 2. The molecule has 0 amide bonds. The average molecular weight is 427 g/mol. The number of methoxy groups -OCH3 is 1. The normalized spacial score (nSPS) is 40.2. The molecule has 3 heterocycles. The van der Waals surface area contributed by atoms with E-state index in [9.17, 15) is 14.7 Å². The maximum Gasteiger partial charge on any atom is 0.344 e. The zero-order valence-corrected chi connectivity index (χ0v) is 18.5. The number of hydrogen-bond donors (Lipinski definition) is 1. The van der Waals surface area contributed by atoms with Gasteiger partial charge in [-0.25, -0.2) is 4.79 Å². The molecule has 2 fully saturated rings. The Kier molecular flexibility index (Phi) is 4.34. The summed E-state index contributed by atoms with van der Waals surface area (Å²) >= 11 is 0. The fourth-order valence-electron chi connectivity index (χ4n) is 7.53. The molecule has 31 heavy (non-hydrogen) atoms. The van der Waals surface area contributed by atoms with Gasteiger partial charge in [0.25, 0.3) is 0 Å². The Bertz CT molecular complexity index is 978. The maximum atomic E-state index is 13.4. The zero-order chi connectivity index (χ0) is 22.2. The first-order chi connectivity index (χ1) is 14.8. The van der Waals surface area contributed by atoms with Crippen LogP contribution in [0.15, 0.2) is 36.4 Å². The molecule has 7 heteroatoms. The van der Waals surface area contributed by atoms with Gasteiger partial charge in [-0.3, -0.25) is 9.69 Å². The first-order valence-corrected chi connectivity index (χ1v) is 11.0. The van der Waals surface area contributed by atoms with Crippen LogP contribution in [0.1, 0.15) is 32.3 Å². The highest BCUT2D eigenvalue weighted by molar-refractivity contribution is 5.86. The minimum absolute atomic E-state index is 0.0135. The number of aliphatic hydroxyl groups is 1. The van der Waals surface area contributed by atoms with Crippen molar-refractivity contribution >= 4 is 17.6 Å². The molecule has 5 rings (SSSR count). The summed E-state index contributed by atoms with van der Waals surface area (Å²) in [7, 11) is 3.19.